The van der Waals surface area contributed by atoms with E-state index in [9.17, 15) is 13.2 Å². The topological polar surface area (TPSA) is 72.8 Å². The van der Waals surface area contributed by atoms with Crippen LogP contribution in [0, 0.1) is 6.92 Å². The Morgan fingerprint density at radius 2 is 2.12 bits per heavy atom. The van der Waals surface area contributed by atoms with E-state index in [1.165, 1.54) is 6.07 Å². The Morgan fingerprint density at radius 1 is 1.44 bits per heavy atom. The summed E-state index contributed by atoms with van der Waals surface area (Å²) in [4.78, 5) is 9.98. The van der Waals surface area contributed by atoms with E-state index in [0.29, 0.717) is 12.2 Å². The molecule has 0 fully saturated rings. The molecule has 0 amide bonds. The molecule has 86 valence electrons. The summed E-state index contributed by atoms with van der Waals surface area (Å²) >= 11 is 0. The Hall–Kier alpha value is -1.65. The van der Waals surface area contributed by atoms with Gasteiger partial charge in [0.25, 0.3) is 16.1 Å². The van der Waals surface area contributed by atoms with Crippen LogP contribution in [0.3, 0.4) is 0 Å². The molecular formula is C10H11NO4S. The molecule has 0 radical (unpaired) electrons. The van der Waals surface area contributed by atoms with Crippen LogP contribution in [0.4, 0.5) is 0 Å². The predicted octanol–water partition coefficient (Wildman–Crippen LogP) is 1.42. The van der Waals surface area contributed by atoms with Crippen LogP contribution in [0.25, 0.3) is 0 Å². The Morgan fingerprint density at radius 3 is 2.69 bits per heavy atom. The van der Waals surface area contributed by atoms with Gasteiger partial charge in [-0.25, -0.2) is 4.79 Å². The summed E-state index contributed by atoms with van der Waals surface area (Å²) in [6.07, 6.45) is 1.03. The fraction of sp³-hybridized carbons (Fsp3) is 0.300. The predicted molar refractivity (Wildman–Crippen MR) is 57.7 cm³/mol. The van der Waals surface area contributed by atoms with Crippen molar-refractivity contribution < 1.29 is 17.9 Å². The van der Waals surface area contributed by atoms with Gasteiger partial charge in [-0.2, -0.15) is 8.42 Å². The number of carbonyl (C=O) groups excluding carboxylic acids is 1. The van der Waals surface area contributed by atoms with E-state index in [-0.39, 0.29) is 10.6 Å². The molecule has 0 unspecified atom stereocenters. The van der Waals surface area contributed by atoms with Crippen molar-refractivity contribution in [1.82, 2.24) is 0 Å². The molecule has 0 heterocycles. The van der Waals surface area contributed by atoms with Gasteiger partial charge < -0.3 is 4.74 Å². The summed E-state index contributed by atoms with van der Waals surface area (Å²) in [7, 11) is -4.02. The highest BCUT2D eigenvalue weighted by molar-refractivity contribution is 7.90. The number of aryl methyl sites for hydroxylation is 1. The first-order valence-electron chi connectivity index (χ1n) is 4.59. The minimum atomic E-state index is -4.02. The van der Waals surface area contributed by atoms with Crippen LogP contribution in [0.2, 0.25) is 0 Å². The summed E-state index contributed by atoms with van der Waals surface area (Å²) in [6, 6.07) is 4.80. The van der Waals surface area contributed by atoms with E-state index in [1.54, 1.807) is 26.0 Å². The van der Waals surface area contributed by atoms with E-state index < -0.39 is 10.0 Å². The normalized spacial score (nSPS) is 10.6. The summed E-state index contributed by atoms with van der Waals surface area (Å²) < 4.78 is 31.3. The number of sulfonamides is 1. The van der Waals surface area contributed by atoms with Crippen molar-refractivity contribution in [3.8, 4) is 5.75 Å². The number of isocyanates is 1. The van der Waals surface area contributed by atoms with Crippen molar-refractivity contribution in [2.24, 2.45) is 4.40 Å². The largest absolute Gasteiger partial charge is 0.492 e. The number of ether oxygens (including phenoxy) is 1. The first-order valence-corrected chi connectivity index (χ1v) is 6.03. The molecule has 0 aliphatic rings. The number of hydrogen-bond acceptors (Lipinski definition) is 4. The van der Waals surface area contributed by atoms with Gasteiger partial charge in [-0.1, -0.05) is 16.5 Å². The van der Waals surface area contributed by atoms with Gasteiger partial charge in [0.2, 0.25) is 0 Å². The smallest absolute Gasteiger partial charge is 0.296 e. The summed E-state index contributed by atoms with van der Waals surface area (Å²) in [5.41, 5.74) is 0.477. The number of hydrogen-bond donors (Lipinski definition) is 0. The van der Waals surface area contributed by atoms with Crippen molar-refractivity contribution in [2.45, 2.75) is 18.7 Å². The second-order valence-corrected chi connectivity index (χ2v) is 4.53. The molecule has 6 heteroatoms. The van der Waals surface area contributed by atoms with Crippen LogP contribution in [0.5, 0.6) is 5.75 Å². The third-order valence-corrected chi connectivity index (χ3v) is 3.24. The highest BCUT2D eigenvalue weighted by Crippen LogP contribution is 2.28. The Labute approximate surface area is 93.8 Å². The number of benzene rings is 1. The number of nitrogens with zero attached hydrogens (tertiary/aromatic N) is 1. The van der Waals surface area contributed by atoms with Crippen molar-refractivity contribution >= 4 is 16.1 Å². The van der Waals surface area contributed by atoms with Gasteiger partial charge in [0.05, 0.1) is 6.61 Å². The maximum atomic E-state index is 11.6. The molecule has 16 heavy (non-hydrogen) atoms. The zero-order chi connectivity index (χ0) is 12.2. The first-order chi connectivity index (χ1) is 7.53. The third-order valence-electron chi connectivity index (χ3n) is 1.89. The minimum Gasteiger partial charge on any atom is -0.492 e. The second-order valence-electron chi connectivity index (χ2n) is 2.99. The van der Waals surface area contributed by atoms with Crippen molar-refractivity contribution in [2.75, 3.05) is 6.61 Å². The monoisotopic (exact) mass is 241 g/mol. The minimum absolute atomic E-state index is 0.0831. The molecule has 5 nitrogen and oxygen atoms in total. The molecule has 1 rings (SSSR count). The zero-order valence-corrected chi connectivity index (χ0v) is 9.74. The summed E-state index contributed by atoms with van der Waals surface area (Å²) in [5, 5.41) is 0. The molecule has 1 aromatic carbocycles. The van der Waals surface area contributed by atoms with Gasteiger partial charge in [0.1, 0.15) is 10.6 Å². The highest BCUT2D eigenvalue weighted by Gasteiger charge is 2.21. The zero-order valence-electron chi connectivity index (χ0n) is 8.93. The lowest BCUT2D eigenvalue weighted by atomic mass is 10.2. The average molecular weight is 241 g/mol. The van der Waals surface area contributed by atoms with Gasteiger partial charge in [-0.05, 0) is 25.5 Å². The maximum Gasteiger partial charge on any atom is 0.296 e. The lowest BCUT2D eigenvalue weighted by molar-refractivity contribution is 0.330. The molecule has 1 aromatic rings. The average Bonchev–Trinajstić information content (AvgIpc) is 2.17. The van der Waals surface area contributed by atoms with E-state index in [1.807, 2.05) is 0 Å². The Balaban J connectivity index is 3.47. The van der Waals surface area contributed by atoms with E-state index in [0.717, 1.165) is 6.08 Å². The molecule has 0 bridgehead atoms. The molecule has 0 saturated carbocycles. The fourth-order valence-electron chi connectivity index (χ4n) is 1.32. The molecular weight excluding hydrogens is 230 g/mol. The highest BCUT2D eigenvalue weighted by atomic mass is 32.2. The lowest BCUT2D eigenvalue weighted by Crippen LogP contribution is -2.04. The lowest BCUT2D eigenvalue weighted by Gasteiger charge is -2.09. The molecule has 0 aromatic heterocycles. The van der Waals surface area contributed by atoms with Crippen LogP contribution in [-0.2, 0) is 14.8 Å². The van der Waals surface area contributed by atoms with Gasteiger partial charge in [-0.3, -0.25) is 0 Å². The summed E-state index contributed by atoms with van der Waals surface area (Å²) in [5.74, 6) is 0.196. The van der Waals surface area contributed by atoms with Crippen molar-refractivity contribution in [3.63, 3.8) is 0 Å². The summed E-state index contributed by atoms with van der Waals surface area (Å²) in [6.45, 7) is 3.67. The quantitative estimate of drug-likeness (QED) is 0.590. The SMILES string of the molecule is CCOc1cccc(C)c1S(=O)(=O)N=C=O. The number of rotatable bonds is 4. The molecule has 0 spiro atoms. The molecule has 0 N–H and O–H groups in total. The molecule has 0 aliphatic carbocycles. The van der Waals surface area contributed by atoms with Crippen LogP contribution in [0.1, 0.15) is 12.5 Å². The van der Waals surface area contributed by atoms with Gasteiger partial charge in [0.15, 0.2) is 0 Å². The van der Waals surface area contributed by atoms with Crippen molar-refractivity contribution in [1.29, 1.82) is 0 Å². The van der Waals surface area contributed by atoms with Crippen LogP contribution < -0.4 is 4.74 Å². The van der Waals surface area contributed by atoms with Gasteiger partial charge in [0, 0.05) is 0 Å². The fourth-order valence-corrected chi connectivity index (χ4v) is 2.37. The van der Waals surface area contributed by atoms with Crippen LogP contribution >= 0.6 is 0 Å². The Kier molecular flexibility index (Phi) is 3.82. The maximum absolute atomic E-state index is 11.6. The van der Waals surface area contributed by atoms with Gasteiger partial charge in [-0.15, -0.1) is 0 Å². The third kappa shape index (κ3) is 2.48. The standard InChI is InChI=1S/C10H11NO4S/c1-3-15-9-6-4-5-8(2)10(9)16(13,14)11-7-12/h4-6H,3H2,1-2H3. The molecule has 0 atom stereocenters. The van der Waals surface area contributed by atoms with E-state index >= 15 is 0 Å². The first kappa shape index (κ1) is 12.4. The van der Waals surface area contributed by atoms with E-state index in [4.69, 9.17) is 4.74 Å². The van der Waals surface area contributed by atoms with Gasteiger partial charge >= 0.3 is 0 Å². The van der Waals surface area contributed by atoms with Crippen molar-refractivity contribution in [3.05, 3.63) is 23.8 Å². The molecule has 0 aliphatic heterocycles. The van der Waals surface area contributed by atoms with E-state index in [2.05, 4.69) is 4.40 Å². The molecule has 0 saturated heterocycles. The van der Waals surface area contributed by atoms with Crippen LogP contribution in [0.15, 0.2) is 27.5 Å². The second kappa shape index (κ2) is 4.92. The Bertz CT molecular complexity index is 530. The van der Waals surface area contributed by atoms with Crippen LogP contribution in [-0.4, -0.2) is 21.1 Å².